The molecule has 0 spiro atoms. The number of aliphatic imine (C=N–C) groups is 1. The van der Waals surface area contributed by atoms with Gasteiger partial charge in [-0.1, -0.05) is 25.3 Å². The van der Waals surface area contributed by atoms with Crippen LogP contribution in [0.5, 0.6) is 0 Å². The summed E-state index contributed by atoms with van der Waals surface area (Å²) in [4.78, 5) is 58.4. The minimum absolute atomic E-state index is 0. The molecule has 10 nitrogen and oxygen atoms in total. The number of amides is 2. The van der Waals surface area contributed by atoms with Gasteiger partial charge in [-0.2, -0.15) is 0 Å². The van der Waals surface area contributed by atoms with Crippen LogP contribution in [-0.2, 0) is 32.0 Å². The number of halogens is 2. The van der Waals surface area contributed by atoms with E-state index in [-0.39, 0.29) is 62.3 Å². The number of carbonyl (C=O) groups excluding carboxylic acids is 2. The summed E-state index contributed by atoms with van der Waals surface area (Å²) in [6.07, 6.45) is 8.80. The van der Waals surface area contributed by atoms with Crippen molar-refractivity contribution < 1.29 is 29.4 Å². The third-order valence-electron chi connectivity index (χ3n) is 7.87. The Kier molecular flexibility index (Phi) is 12.1. The third-order valence-corrected chi connectivity index (χ3v) is 7.87. The number of aromatic nitrogens is 2. The van der Waals surface area contributed by atoms with Gasteiger partial charge in [0.1, 0.15) is 0 Å². The highest BCUT2D eigenvalue weighted by Crippen LogP contribution is 2.27. The van der Waals surface area contributed by atoms with Gasteiger partial charge >= 0.3 is 11.9 Å². The Balaban J connectivity index is 0.00000353. The number of carboxylic acid groups (broad SMARTS) is 2. The number of aliphatic carboxylic acids is 2. The molecule has 0 saturated heterocycles. The lowest BCUT2D eigenvalue weighted by Gasteiger charge is -2.02. The van der Waals surface area contributed by atoms with Gasteiger partial charge < -0.3 is 25.5 Å². The summed E-state index contributed by atoms with van der Waals surface area (Å²) in [5.74, 6) is -2.46. The van der Waals surface area contributed by atoms with Crippen molar-refractivity contribution in [2.24, 2.45) is 4.99 Å². The fraction of sp³-hybridized carbons (Fsp3) is 0.242. The summed E-state index contributed by atoms with van der Waals surface area (Å²) in [6.45, 7) is 14.8. The summed E-state index contributed by atoms with van der Waals surface area (Å²) in [6, 6.07) is 0. The van der Waals surface area contributed by atoms with E-state index in [1.54, 1.807) is 32.1 Å². The Hall–Kier alpha value is -4.67. The number of hydrogen-bond acceptors (Lipinski definition) is 4. The van der Waals surface area contributed by atoms with Gasteiger partial charge in [0.15, 0.2) is 0 Å². The summed E-state index contributed by atoms with van der Waals surface area (Å²) < 4.78 is 0. The first-order valence-electron chi connectivity index (χ1n) is 13.8. The molecule has 2 amide bonds. The molecule has 2 aliphatic rings. The Bertz CT molecular complexity index is 1870. The molecule has 0 fully saturated rings. The fourth-order valence-corrected chi connectivity index (χ4v) is 5.34. The summed E-state index contributed by atoms with van der Waals surface area (Å²) in [5, 5.41) is 23.0. The lowest BCUT2D eigenvalue weighted by Crippen LogP contribution is -2.15. The van der Waals surface area contributed by atoms with Gasteiger partial charge in [0.2, 0.25) is 0 Å². The smallest absolute Gasteiger partial charge is 0.303 e. The van der Waals surface area contributed by atoms with E-state index >= 15 is 0 Å². The van der Waals surface area contributed by atoms with Crippen LogP contribution in [0, 0.1) is 13.8 Å². The minimum atomic E-state index is -0.941. The third kappa shape index (κ3) is 7.53. The molecule has 0 aliphatic carbocycles. The molecule has 0 bridgehead atoms. The first kappa shape index (κ1) is 36.5. The molecule has 0 radical (unpaired) electrons. The van der Waals surface area contributed by atoms with E-state index in [4.69, 9.17) is 0 Å². The molecule has 4 heterocycles. The number of carboxylic acids is 2. The molecule has 5 N–H and O–H groups in total. The Morgan fingerprint density at radius 3 is 1.91 bits per heavy atom. The van der Waals surface area contributed by atoms with E-state index in [9.17, 15) is 29.4 Å². The lowest BCUT2D eigenvalue weighted by atomic mass is 10.0. The number of nitrogens with zero attached hydrogens (tertiary/aromatic N) is 1. The number of allylic oxidation sites excluding steroid dienone is 2. The van der Waals surface area contributed by atoms with Crippen LogP contribution in [0.15, 0.2) is 58.3 Å². The van der Waals surface area contributed by atoms with Crippen molar-refractivity contribution in [3.63, 3.8) is 0 Å². The van der Waals surface area contributed by atoms with E-state index in [1.165, 1.54) is 6.08 Å². The second-order valence-electron chi connectivity index (χ2n) is 10.5. The fourth-order valence-electron chi connectivity index (χ4n) is 5.34. The van der Waals surface area contributed by atoms with Crippen LogP contribution in [0.3, 0.4) is 0 Å². The molecule has 0 aromatic carbocycles. The number of carbonyl (C=O) groups is 4. The summed E-state index contributed by atoms with van der Waals surface area (Å²) >= 11 is 0. The standard InChI is InChI=1S/C33H34N4O6.2ClH/c1-7-20-19(6)32(42)37-27(20)14-25-18(5)23(10-12-31(40)41)29(35-25)15-28-22(9-11-30(38)39)17(4)24(34-28)13-26-16(3)21(8-2)33(43)36-26;;/h7-8,13-15,34-35H,1-2,9-12H2,3-6H3,(H,37,42)(H,38,39)(H,40,41);2*1H/b24-13-,27-14-,28-15?;;. The van der Waals surface area contributed by atoms with Crippen molar-refractivity contribution in [1.29, 1.82) is 0 Å². The van der Waals surface area contributed by atoms with Crippen molar-refractivity contribution in [2.45, 2.75) is 53.4 Å². The van der Waals surface area contributed by atoms with Crippen molar-refractivity contribution in [2.75, 3.05) is 0 Å². The van der Waals surface area contributed by atoms with Gasteiger partial charge in [-0.25, -0.2) is 4.99 Å². The molecule has 2 aliphatic heterocycles. The number of aromatic amines is 2. The first-order valence-corrected chi connectivity index (χ1v) is 13.8. The summed E-state index contributed by atoms with van der Waals surface area (Å²) in [7, 11) is 0. The van der Waals surface area contributed by atoms with Gasteiger partial charge in [-0.05, 0) is 86.6 Å². The first-order chi connectivity index (χ1) is 20.4. The van der Waals surface area contributed by atoms with Crippen molar-refractivity contribution >= 4 is 72.5 Å². The Labute approximate surface area is 272 Å². The zero-order valence-electron chi connectivity index (χ0n) is 25.4. The highest BCUT2D eigenvalue weighted by Gasteiger charge is 2.23. The second-order valence-corrected chi connectivity index (χ2v) is 10.5. The lowest BCUT2D eigenvalue weighted by molar-refractivity contribution is -0.138. The van der Waals surface area contributed by atoms with Gasteiger partial charge in [-0.15, -0.1) is 24.8 Å². The van der Waals surface area contributed by atoms with E-state index in [2.05, 4.69) is 33.4 Å². The van der Waals surface area contributed by atoms with E-state index in [0.717, 1.165) is 22.3 Å². The van der Waals surface area contributed by atoms with E-state index in [1.807, 2.05) is 19.9 Å². The molecule has 0 saturated carbocycles. The normalized spacial score (nSPS) is 16.2. The van der Waals surface area contributed by atoms with Crippen LogP contribution < -0.4 is 16.0 Å². The van der Waals surface area contributed by atoms with Crippen molar-refractivity contribution in [3.8, 4) is 0 Å². The molecule has 238 valence electrons. The van der Waals surface area contributed by atoms with Gasteiger partial charge in [0.25, 0.3) is 11.8 Å². The monoisotopic (exact) mass is 654 g/mol. The van der Waals surface area contributed by atoms with Crippen molar-refractivity contribution in [3.05, 3.63) is 97.6 Å². The average Bonchev–Trinajstić information content (AvgIpc) is 3.59. The zero-order valence-corrected chi connectivity index (χ0v) is 27.1. The predicted molar refractivity (Wildman–Crippen MR) is 179 cm³/mol. The topological polar surface area (TPSA) is 165 Å². The van der Waals surface area contributed by atoms with Crippen LogP contribution in [0.1, 0.15) is 60.3 Å². The van der Waals surface area contributed by atoms with E-state index in [0.29, 0.717) is 55.8 Å². The molecule has 45 heavy (non-hydrogen) atoms. The molecule has 4 rings (SSSR count). The quantitative estimate of drug-likeness (QED) is 0.247. The SMILES string of the molecule is C=CC1=C(C)C(/C=c2\[nH]c(=Cc3[nH]c(/C=C4\NC(=O)C(C)=C4C=C)c(C)c3CCC(=O)O)c(CCC(=O)O)c2C)=NC1=O.Cl.Cl. The van der Waals surface area contributed by atoms with E-state index < -0.39 is 11.9 Å². The maximum absolute atomic E-state index is 12.3. The number of H-pyrrole nitrogens is 2. The highest BCUT2D eigenvalue weighted by atomic mass is 35.5. The zero-order chi connectivity index (χ0) is 31.6. The Morgan fingerprint density at radius 2 is 1.36 bits per heavy atom. The van der Waals surface area contributed by atoms with Crippen molar-refractivity contribution in [1.82, 2.24) is 15.3 Å². The maximum Gasteiger partial charge on any atom is 0.303 e. The molecular weight excluding hydrogens is 619 g/mol. The molecule has 2 aromatic rings. The predicted octanol–water partition coefficient (Wildman–Crippen LogP) is 3.90. The van der Waals surface area contributed by atoms with Crippen LogP contribution in [-0.4, -0.2) is 49.6 Å². The van der Waals surface area contributed by atoms with Crippen LogP contribution in [0.25, 0.3) is 18.2 Å². The van der Waals surface area contributed by atoms with Crippen LogP contribution >= 0.6 is 24.8 Å². The molecule has 12 heteroatoms. The van der Waals surface area contributed by atoms with Gasteiger partial charge in [0.05, 0.1) is 11.4 Å². The maximum atomic E-state index is 12.3. The minimum Gasteiger partial charge on any atom is -0.481 e. The van der Waals surface area contributed by atoms with Gasteiger partial charge in [0, 0.05) is 51.6 Å². The van der Waals surface area contributed by atoms with Gasteiger partial charge in [-0.3, -0.25) is 19.2 Å². The van der Waals surface area contributed by atoms with Crippen LogP contribution in [0.2, 0.25) is 0 Å². The molecule has 2 aromatic heterocycles. The summed E-state index contributed by atoms with van der Waals surface area (Å²) in [5.41, 5.74) is 7.97. The number of hydrogen-bond donors (Lipinski definition) is 5. The highest BCUT2D eigenvalue weighted by molar-refractivity contribution is 6.31. The average molecular weight is 656 g/mol. The van der Waals surface area contributed by atoms with Crippen LogP contribution in [0.4, 0.5) is 0 Å². The largest absolute Gasteiger partial charge is 0.481 e. The Morgan fingerprint density at radius 1 is 0.756 bits per heavy atom. The number of rotatable bonds is 11. The second kappa shape index (κ2) is 14.9. The molecular formula is C33H36Cl2N4O6. The molecule has 0 unspecified atom stereocenters. The number of nitrogens with one attached hydrogen (secondary N) is 3. The molecule has 0 atom stereocenters.